The zero-order valence-electron chi connectivity index (χ0n) is 9.69. The molecule has 0 bridgehead atoms. The summed E-state index contributed by atoms with van der Waals surface area (Å²) in [6.45, 7) is 3.04. The topological polar surface area (TPSA) is 32.7 Å². The first kappa shape index (κ1) is 11.4. The Balaban J connectivity index is 1.89. The molecule has 0 amide bonds. The molecule has 1 heterocycles. The van der Waals surface area contributed by atoms with Crippen molar-refractivity contribution >= 4 is 0 Å². The number of nitrogens with zero attached hydrogens (tertiary/aromatic N) is 1. The van der Waals surface area contributed by atoms with Crippen LogP contribution in [0.2, 0.25) is 0 Å². The number of aliphatic hydroxyl groups excluding tert-OH is 1. The first-order valence-electron chi connectivity index (χ1n) is 6.24. The van der Waals surface area contributed by atoms with Crippen LogP contribution in [0.1, 0.15) is 32.1 Å². The van der Waals surface area contributed by atoms with Crippen LogP contribution in [0.15, 0.2) is 0 Å². The predicted octanol–water partition coefficient (Wildman–Crippen LogP) is 1.26. The highest BCUT2D eigenvalue weighted by Crippen LogP contribution is 2.35. The van der Waals surface area contributed by atoms with Gasteiger partial charge in [0.25, 0.3) is 0 Å². The van der Waals surface area contributed by atoms with Crippen molar-refractivity contribution in [2.24, 2.45) is 5.92 Å². The Morgan fingerprint density at radius 3 is 2.80 bits per heavy atom. The fourth-order valence-corrected chi connectivity index (χ4v) is 3.24. The summed E-state index contributed by atoms with van der Waals surface area (Å²) in [5.74, 6) is 0.532. The van der Waals surface area contributed by atoms with Crippen LogP contribution in [0.4, 0.5) is 0 Å². The van der Waals surface area contributed by atoms with E-state index < -0.39 is 0 Å². The third kappa shape index (κ3) is 2.52. The van der Waals surface area contributed by atoms with Crippen LogP contribution < -0.4 is 0 Å². The second kappa shape index (κ2) is 5.28. The van der Waals surface area contributed by atoms with Gasteiger partial charge in [-0.25, -0.2) is 0 Å². The van der Waals surface area contributed by atoms with Gasteiger partial charge in [0.1, 0.15) is 0 Å². The van der Waals surface area contributed by atoms with Crippen molar-refractivity contribution in [2.45, 2.75) is 44.2 Å². The van der Waals surface area contributed by atoms with Crippen molar-refractivity contribution in [2.75, 3.05) is 26.8 Å². The van der Waals surface area contributed by atoms with E-state index in [0.717, 1.165) is 19.6 Å². The molecule has 0 aromatic rings. The molecule has 1 saturated carbocycles. The highest BCUT2D eigenvalue weighted by molar-refractivity contribution is 4.91. The lowest BCUT2D eigenvalue weighted by atomic mass is 9.94. The van der Waals surface area contributed by atoms with Crippen LogP contribution >= 0.6 is 0 Å². The van der Waals surface area contributed by atoms with Crippen molar-refractivity contribution in [3.05, 3.63) is 0 Å². The first-order chi connectivity index (χ1) is 7.33. The average molecular weight is 213 g/mol. The Hall–Kier alpha value is -0.120. The highest BCUT2D eigenvalue weighted by Gasteiger charge is 2.37. The second-order valence-corrected chi connectivity index (χ2v) is 4.90. The van der Waals surface area contributed by atoms with Crippen molar-refractivity contribution in [1.82, 2.24) is 4.90 Å². The summed E-state index contributed by atoms with van der Waals surface area (Å²) in [7, 11) is 1.76. The van der Waals surface area contributed by atoms with Crippen molar-refractivity contribution < 1.29 is 9.84 Å². The summed E-state index contributed by atoms with van der Waals surface area (Å²) in [5, 5.41) is 9.93. The van der Waals surface area contributed by atoms with Gasteiger partial charge in [-0.15, -0.1) is 0 Å². The van der Waals surface area contributed by atoms with Crippen LogP contribution in [0.25, 0.3) is 0 Å². The van der Waals surface area contributed by atoms with E-state index in [-0.39, 0.29) is 6.10 Å². The molecule has 0 aromatic heterocycles. The minimum Gasteiger partial charge on any atom is -0.393 e. The largest absolute Gasteiger partial charge is 0.393 e. The zero-order valence-corrected chi connectivity index (χ0v) is 9.69. The minimum atomic E-state index is -0.0434. The van der Waals surface area contributed by atoms with E-state index in [0.29, 0.717) is 12.0 Å². The number of hydrogen-bond acceptors (Lipinski definition) is 3. The Morgan fingerprint density at radius 1 is 1.27 bits per heavy atom. The van der Waals surface area contributed by atoms with E-state index in [1.165, 1.54) is 32.2 Å². The van der Waals surface area contributed by atoms with E-state index >= 15 is 0 Å². The maximum absolute atomic E-state index is 9.93. The molecule has 0 aromatic carbocycles. The smallest absolute Gasteiger partial charge is 0.0589 e. The van der Waals surface area contributed by atoms with Crippen LogP contribution in [0.5, 0.6) is 0 Å². The van der Waals surface area contributed by atoms with Gasteiger partial charge in [0, 0.05) is 25.6 Å². The van der Waals surface area contributed by atoms with E-state index in [2.05, 4.69) is 4.90 Å². The lowest BCUT2D eigenvalue weighted by Crippen LogP contribution is -2.40. The van der Waals surface area contributed by atoms with E-state index in [4.69, 9.17) is 4.74 Å². The third-order valence-corrected chi connectivity index (χ3v) is 4.02. The molecule has 0 radical (unpaired) electrons. The Morgan fingerprint density at radius 2 is 2.13 bits per heavy atom. The molecule has 3 heteroatoms. The average Bonchev–Trinajstić information content (AvgIpc) is 2.82. The summed E-state index contributed by atoms with van der Waals surface area (Å²) in [6, 6.07) is 0.623. The maximum Gasteiger partial charge on any atom is 0.0589 e. The normalized spacial score (nSPS) is 37.6. The van der Waals surface area contributed by atoms with Gasteiger partial charge in [0.15, 0.2) is 0 Å². The maximum atomic E-state index is 9.93. The molecule has 2 aliphatic rings. The molecule has 3 atom stereocenters. The standard InChI is InChI=1S/C12H23NO2/c1-15-9-8-13-7-3-5-11(13)10-4-2-6-12(10)14/h10-12,14H,2-9H2,1H3. The Kier molecular flexibility index (Phi) is 4.00. The van der Waals surface area contributed by atoms with Gasteiger partial charge in [-0.05, 0) is 32.2 Å². The monoisotopic (exact) mass is 213 g/mol. The number of hydrogen-bond donors (Lipinski definition) is 1. The number of methoxy groups -OCH3 is 1. The molecule has 0 spiro atoms. The molecule has 88 valence electrons. The summed E-state index contributed by atoms with van der Waals surface area (Å²) in [4.78, 5) is 2.52. The third-order valence-electron chi connectivity index (χ3n) is 4.02. The molecule has 2 rings (SSSR count). The molecule has 1 aliphatic carbocycles. The van der Waals surface area contributed by atoms with Crippen molar-refractivity contribution in [3.8, 4) is 0 Å². The molecule has 1 aliphatic heterocycles. The number of aliphatic hydroxyl groups is 1. The Labute approximate surface area is 92.4 Å². The molecule has 2 fully saturated rings. The number of rotatable bonds is 4. The lowest BCUT2D eigenvalue weighted by Gasteiger charge is -2.30. The fourth-order valence-electron chi connectivity index (χ4n) is 3.24. The van der Waals surface area contributed by atoms with Crippen molar-refractivity contribution in [3.63, 3.8) is 0 Å². The van der Waals surface area contributed by atoms with Gasteiger partial charge < -0.3 is 9.84 Å². The molecule has 1 saturated heterocycles. The first-order valence-corrected chi connectivity index (χ1v) is 6.24. The fraction of sp³-hybridized carbons (Fsp3) is 1.00. The van der Waals surface area contributed by atoms with E-state index in [9.17, 15) is 5.11 Å². The van der Waals surface area contributed by atoms with Crippen LogP contribution in [-0.2, 0) is 4.74 Å². The molecule has 1 N–H and O–H groups in total. The molecule has 15 heavy (non-hydrogen) atoms. The molecular weight excluding hydrogens is 190 g/mol. The van der Waals surface area contributed by atoms with Crippen molar-refractivity contribution in [1.29, 1.82) is 0 Å². The minimum absolute atomic E-state index is 0.0434. The van der Waals surface area contributed by atoms with Gasteiger partial charge in [-0.3, -0.25) is 4.90 Å². The number of likely N-dealkylation sites (tertiary alicyclic amines) is 1. The number of ether oxygens (including phenoxy) is 1. The summed E-state index contributed by atoms with van der Waals surface area (Å²) >= 11 is 0. The quantitative estimate of drug-likeness (QED) is 0.763. The summed E-state index contributed by atoms with van der Waals surface area (Å²) in [6.07, 6.45) is 5.95. The lowest BCUT2D eigenvalue weighted by molar-refractivity contribution is 0.0617. The second-order valence-electron chi connectivity index (χ2n) is 4.90. The zero-order chi connectivity index (χ0) is 10.7. The highest BCUT2D eigenvalue weighted by atomic mass is 16.5. The summed E-state index contributed by atoms with van der Waals surface area (Å²) < 4.78 is 5.14. The molecule has 3 nitrogen and oxygen atoms in total. The van der Waals surface area contributed by atoms with Gasteiger partial charge in [-0.2, -0.15) is 0 Å². The molecule has 3 unspecified atom stereocenters. The van der Waals surface area contributed by atoms with E-state index in [1.807, 2.05) is 0 Å². The van der Waals surface area contributed by atoms with Crippen LogP contribution in [0.3, 0.4) is 0 Å². The van der Waals surface area contributed by atoms with Gasteiger partial charge in [-0.1, -0.05) is 6.42 Å². The van der Waals surface area contributed by atoms with Gasteiger partial charge in [0.05, 0.1) is 12.7 Å². The summed E-state index contributed by atoms with van der Waals surface area (Å²) in [5.41, 5.74) is 0. The van der Waals surface area contributed by atoms with Crippen LogP contribution in [0, 0.1) is 5.92 Å². The molecular formula is C12H23NO2. The van der Waals surface area contributed by atoms with Gasteiger partial charge in [0.2, 0.25) is 0 Å². The van der Waals surface area contributed by atoms with Gasteiger partial charge >= 0.3 is 0 Å². The SMILES string of the molecule is COCCN1CCCC1C1CCCC1O. The van der Waals surface area contributed by atoms with E-state index in [1.54, 1.807) is 7.11 Å². The Bertz CT molecular complexity index is 198. The van der Waals surface area contributed by atoms with Crippen LogP contribution in [-0.4, -0.2) is 49.0 Å². The predicted molar refractivity (Wildman–Crippen MR) is 59.8 cm³/mol.